The Kier molecular flexibility index (Phi) is 3.29. The summed E-state index contributed by atoms with van der Waals surface area (Å²) in [5, 5.41) is 0. The molecule has 1 nitrogen and oxygen atoms in total. The summed E-state index contributed by atoms with van der Waals surface area (Å²) in [6, 6.07) is 16.6. The van der Waals surface area contributed by atoms with E-state index in [9.17, 15) is 0 Å². The molecule has 2 rings (SSSR count). The van der Waals surface area contributed by atoms with E-state index in [2.05, 4.69) is 30.8 Å². The summed E-state index contributed by atoms with van der Waals surface area (Å²) in [4.78, 5) is 0. The molecule has 17 heavy (non-hydrogen) atoms. The van der Waals surface area contributed by atoms with Crippen molar-refractivity contribution in [2.45, 2.75) is 12.8 Å². The Hall–Kier alpha value is -2.02. The van der Waals surface area contributed by atoms with Crippen LogP contribution in [0.25, 0.3) is 0 Å². The van der Waals surface area contributed by atoms with Gasteiger partial charge in [-0.05, 0) is 29.7 Å². The number of nitrogen functional groups attached to an aromatic ring is 1. The normalized spacial score (nSPS) is 12.1. The molecule has 0 saturated heterocycles. The lowest BCUT2D eigenvalue weighted by molar-refractivity contribution is 1.03. The summed E-state index contributed by atoms with van der Waals surface area (Å²) >= 11 is 0. The van der Waals surface area contributed by atoms with Crippen molar-refractivity contribution in [1.82, 2.24) is 0 Å². The van der Waals surface area contributed by atoms with Crippen molar-refractivity contribution < 1.29 is 0 Å². The van der Waals surface area contributed by atoms with Gasteiger partial charge >= 0.3 is 0 Å². The van der Waals surface area contributed by atoms with E-state index in [1.807, 2.05) is 37.3 Å². The summed E-state index contributed by atoms with van der Waals surface area (Å²) in [5.41, 5.74) is 10.3. The molecule has 0 radical (unpaired) electrons. The van der Waals surface area contributed by atoms with Crippen LogP contribution < -0.4 is 5.73 Å². The summed E-state index contributed by atoms with van der Waals surface area (Å²) < 4.78 is 0. The van der Waals surface area contributed by atoms with Gasteiger partial charge in [-0.3, -0.25) is 0 Å². The number of nitrogens with two attached hydrogens (primary N) is 1. The van der Waals surface area contributed by atoms with Gasteiger partial charge in [-0.25, -0.2) is 0 Å². The number of aryl methyl sites for hydroxylation is 1. The fourth-order valence-electron chi connectivity index (χ4n) is 1.98. The largest absolute Gasteiger partial charge is 0.399 e. The maximum absolute atomic E-state index is 5.96. The number of hydrogen-bond donors (Lipinski definition) is 1. The molecule has 1 atom stereocenters. The highest BCUT2D eigenvalue weighted by Crippen LogP contribution is 2.27. The lowest BCUT2D eigenvalue weighted by atomic mass is 9.90. The lowest BCUT2D eigenvalue weighted by Gasteiger charge is -2.14. The first kappa shape index (κ1) is 11.5. The van der Waals surface area contributed by atoms with Gasteiger partial charge in [0.2, 0.25) is 0 Å². The van der Waals surface area contributed by atoms with Crippen molar-refractivity contribution in [3.8, 4) is 0 Å². The lowest BCUT2D eigenvalue weighted by Crippen LogP contribution is -1.99. The number of rotatable bonds is 3. The Bertz CT molecular complexity index is 514. The minimum Gasteiger partial charge on any atom is -0.399 e. The van der Waals surface area contributed by atoms with Gasteiger partial charge in [0.1, 0.15) is 0 Å². The number of anilines is 1. The number of hydrogen-bond acceptors (Lipinski definition) is 1. The average Bonchev–Trinajstić information content (AvgIpc) is 2.36. The van der Waals surface area contributed by atoms with E-state index < -0.39 is 0 Å². The second-order valence-corrected chi connectivity index (χ2v) is 4.24. The smallest absolute Gasteiger partial charge is 0.0346 e. The van der Waals surface area contributed by atoms with Gasteiger partial charge in [-0.15, -0.1) is 6.58 Å². The first-order valence-corrected chi connectivity index (χ1v) is 5.76. The first-order chi connectivity index (χ1) is 8.22. The quantitative estimate of drug-likeness (QED) is 0.620. The molecule has 0 spiro atoms. The minimum absolute atomic E-state index is 0.208. The summed E-state index contributed by atoms with van der Waals surface area (Å²) in [5.74, 6) is 0.208. The van der Waals surface area contributed by atoms with Crippen LogP contribution in [-0.2, 0) is 0 Å². The number of benzene rings is 2. The van der Waals surface area contributed by atoms with E-state index in [0.29, 0.717) is 0 Å². The van der Waals surface area contributed by atoms with Gasteiger partial charge in [-0.1, -0.05) is 48.5 Å². The Balaban J connectivity index is 2.42. The molecule has 0 heterocycles. The highest BCUT2D eigenvalue weighted by molar-refractivity contribution is 5.51. The van der Waals surface area contributed by atoms with Crippen LogP contribution in [0.1, 0.15) is 22.6 Å². The topological polar surface area (TPSA) is 26.0 Å². The maximum Gasteiger partial charge on any atom is 0.0346 e. The fraction of sp³-hybridized carbons (Fsp3) is 0.125. The standard InChI is InChI=1S/C16H17N/c1-3-15(13-7-5-4-6-8-13)14-10-9-12(2)16(17)11-14/h3-11,15H,1,17H2,2H3. The fourth-order valence-corrected chi connectivity index (χ4v) is 1.98. The zero-order chi connectivity index (χ0) is 12.3. The molecule has 0 saturated carbocycles. The molecule has 86 valence electrons. The highest BCUT2D eigenvalue weighted by Gasteiger charge is 2.10. The molecule has 0 amide bonds. The Labute approximate surface area is 103 Å². The number of allylic oxidation sites excluding steroid dienone is 1. The predicted molar refractivity (Wildman–Crippen MR) is 74.1 cm³/mol. The van der Waals surface area contributed by atoms with Gasteiger partial charge in [0.25, 0.3) is 0 Å². The summed E-state index contributed by atoms with van der Waals surface area (Å²) in [6.45, 7) is 5.94. The summed E-state index contributed by atoms with van der Waals surface area (Å²) in [7, 11) is 0. The third kappa shape index (κ3) is 2.39. The van der Waals surface area contributed by atoms with Crippen LogP contribution in [0.4, 0.5) is 5.69 Å². The molecule has 0 aliphatic heterocycles. The van der Waals surface area contributed by atoms with Crippen LogP contribution in [0.15, 0.2) is 61.2 Å². The Morgan fingerprint density at radius 3 is 2.35 bits per heavy atom. The second-order valence-electron chi connectivity index (χ2n) is 4.24. The van der Waals surface area contributed by atoms with Crippen LogP contribution in [-0.4, -0.2) is 0 Å². The SMILES string of the molecule is C=CC(c1ccccc1)c1ccc(C)c(N)c1. The molecule has 0 aliphatic rings. The van der Waals surface area contributed by atoms with E-state index in [1.165, 1.54) is 11.1 Å². The molecule has 1 heteroatoms. The van der Waals surface area contributed by atoms with Gasteiger partial charge in [0.15, 0.2) is 0 Å². The van der Waals surface area contributed by atoms with E-state index in [4.69, 9.17) is 5.73 Å². The van der Waals surface area contributed by atoms with Gasteiger partial charge in [0.05, 0.1) is 0 Å². The van der Waals surface area contributed by atoms with E-state index in [0.717, 1.165) is 11.3 Å². The van der Waals surface area contributed by atoms with Crippen molar-refractivity contribution in [1.29, 1.82) is 0 Å². The maximum atomic E-state index is 5.96. The monoisotopic (exact) mass is 223 g/mol. The second kappa shape index (κ2) is 4.88. The van der Waals surface area contributed by atoms with E-state index >= 15 is 0 Å². The van der Waals surface area contributed by atoms with Crippen molar-refractivity contribution in [2.24, 2.45) is 0 Å². The van der Waals surface area contributed by atoms with Gasteiger partial charge < -0.3 is 5.73 Å². The Morgan fingerprint density at radius 1 is 1.06 bits per heavy atom. The highest BCUT2D eigenvalue weighted by atomic mass is 14.6. The minimum atomic E-state index is 0.208. The van der Waals surface area contributed by atoms with Gasteiger partial charge in [-0.2, -0.15) is 0 Å². The van der Waals surface area contributed by atoms with Crippen molar-refractivity contribution >= 4 is 5.69 Å². The molecule has 0 aliphatic carbocycles. The molecular weight excluding hydrogens is 206 g/mol. The third-order valence-corrected chi connectivity index (χ3v) is 3.06. The molecule has 0 bridgehead atoms. The summed E-state index contributed by atoms with van der Waals surface area (Å²) in [6.07, 6.45) is 1.96. The zero-order valence-corrected chi connectivity index (χ0v) is 10.1. The van der Waals surface area contributed by atoms with Gasteiger partial charge in [0, 0.05) is 11.6 Å². The van der Waals surface area contributed by atoms with E-state index in [-0.39, 0.29) is 5.92 Å². The van der Waals surface area contributed by atoms with Crippen molar-refractivity contribution in [3.63, 3.8) is 0 Å². The van der Waals surface area contributed by atoms with Crippen LogP contribution in [0, 0.1) is 6.92 Å². The molecule has 0 fully saturated rings. The zero-order valence-electron chi connectivity index (χ0n) is 10.1. The average molecular weight is 223 g/mol. The van der Waals surface area contributed by atoms with Crippen LogP contribution >= 0.6 is 0 Å². The van der Waals surface area contributed by atoms with Crippen LogP contribution in [0.5, 0.6) is 0 Å². The Morgan fingerprint density at radius 2 is 1.76 bits per heavy atom. The molecule has 2 N–H and O–H groups in total. The third-order valence-electron chi connectivity index (χ3n) is 3.06. The molecule has 2 aromatic carbocycles. The molecule has 1 unspecified atom stereocenters. The molecule has 0 aromatic heterocycles. The predicted octanol–water partition coefficient (Wildman–Crippen LogP) is 3.90. The first-order valence-electron chi connectivity index (χ1n) is 5.76. The van der Waals surface area contributed by atoms with Crippen molar-refractivity contribution in [2.75, 3.05) is 5.73 Å². The van der Waals surface area contributed by atoms with Crippen LogP contribution in [0.3, 0.4) is 0 Å². The molecular formula is C16H17N. The van der Waals surface area contributed by atoms with E-state index in [1.54, 1.807) is 0 Å². The molecule has 2 aromatic rings. The van der Waals surface area contributed by atoms with Crippen molar-refractivity contribution in [3.05, 3.63) is 77.9 Å². The van der Waals surface area contributed by atoms with Crippen LogP contribution in [0.2, 0.25) is 0 Å².